The molecule has 1 aliphatic heterocycles. The summed E-state index contributed by atoms with van der Waals surface area (Å²) in [5.74, 6) is -1.09. The van der Waals surface area contributed by atoms with Gasteiger partial charge in [-0.05, 0) is 31.0 Å². The Labute approximate surface area is 185 Å². The van der Waals surface area contributed by atoms with Crippen molar-refractivity contribution < 1.29 is 22.7 Å². The number of aromatic nitrogens is 1. The van der Waals surface area contributed by atoms with Gasteiger partial charge in [0.05, 0.1) is 23.8 Å². The molecule has 2 heterocycles. The molecular weight excluding hydrogens is 440 g/mol. The van der Waals surface area contributed by atoms with Gasteiger partial charge >= 0.3 is 0 Å². The fourth-order valence-corrected chi connectivity index (χ4v) is 5.23. The van der Waals surface area contributed by atoms with E-state index in [0.717, 1.165) is 5.69 Å². The van der Waals surface area contributed by atoms with Gasteiger partial charge in [0.2, 0.25) is 15.9 Å². The summed E-state index contributed by atoms with van der Waals surface area (Å²) in [7, 11) is -3.73. The first-order valence-electron chi connectivity index (χ1n) is 9.90. The molecule has 3 rings (SSSR count). The number of hydrogen-bond acceptors (Lipinski definition) is 7. The third-order valence-electron chi connectivity index (χ3n) is 4.79. The van der Waals surface area contributed by atoms with E-state index in [-0.39, 0.29) is 35.4 Å². The number of nitrogens with one attached hydrogen (secondary N) is 2. The molecule has 1 aromatic carbocycles. The molecule has 0 aliphatic carbocycles. The third kappa shape index (κ3) is 5.67. The predicted molar refractivity (Wildman–Crippen MR) is 118 cm³/mol. The number of carbonyl (C=O) groups excluding carboxylic acids is 2. The fraction of sp³-hybridized carbons (Fsp3) is 0.450. The molecule has 0 unspecified atom stereocenters. The lowest BCUT2D eigenvalue weighted by molar-refractivity contribution is -0.118. The van der Waals surface area contributed by atoms with E-state index in [1.807, 2.05) is 26.2 Å². The first kappa shape index (κ1) is 23.3. The van der Waals surface area contributed by atoms with Crippen LogP contribution in [-0.4, -0.2) is 61.9 Å². The molecular formula is C20H26N4O5S2. The van der Waals surface area contributed by atoms with Crippen LogP contribution in [0.4, 0.5) is 5.13 Å². The number of morpholine rings is 1. The SMILES string of the molecule is Cc1csc(NC(=O)[C@@H](NC(=O)c2cccc(S(=O)(=O)N3CCOCC3)c2)C(C)C)n1. The zero-order valence-corrected chi connectivity index (χ0v) is 19.3. The van der Waals surface area contributed by atoms with Gasteiger partial charge in [-0.15, -0.1) is 11.3 Å². The molecule has 1 aromatic heterocycles. The molecule has 2 N–H and O–H groups in total. The maximum Gasteiger partial charge on any atom is 0.251 e. The predicted octanol–water partition coefficient (Wildman–Crippen LogP) is 1.87. The maximum atomic E-state index is 12.9. The summed E-state index contributed by atoms with van der Waals surface area (Å²) in [5.41, 5.74) is 0.960. The Morgan fingerprint density at radius 2 is 1.94 bits per heavy atom. The lowest BCUT2D eigenvalue weighted by Crippen LogP contribution is -2.47. The minimum absolute atomic E-state index is 0.0332. The summed E-state index contributed by atoms with van der Waals surface area (Å²) >= 11 is 1.30. The number of hydrogen-bond donors (Lipinski definition) is 2. The lowest BCUT2D eigenvalue weighted by Gasteiger charge is -2.26. The normalized spacial score (nSPS) is 16.1. The van der Waals surface area contributed by atoms with E-state index in [1.165, 1.54) is 39.9 Å². The highest BCUT2D eigenvalue weighted by molar-refractivity contribution is 7.89. The van der Waals surface area contributed by atoms with Crippen molar-refractivity contribution in [3.8, 4) is 0 Å². The van der Waals surface area contributed by atoms with Crippen molar-refractivity contribution in [3.05, 3.63) is 40.9 Å². The number of amides is 2. The van der Waals surface area contributed by atoms with Gasteiger partial charge in [0.15, 0.2) is 5.13 Å². The number of sulfonamides is 1. The first-order chi connectivity index (χ1) is 14.7. The largest absolute Gasteiger partial charge is 0.379 e. The topological polar surface area (TPSA) is 118 Å². The van der Waals surface area contributed by atoms with Gasteiger partial charge in [0, 0.05) is 24.0 Å². The van der Waals surface area contributed by atoms with Gasteiger partial charge < -0.3 is 15.4 Å². The molecule has 0 radical (unpaired) electrons. The Bertz CT molecular complexity index is 1050. The van der Waals surface area contributed by atoms with Crippen molar-refractivity contribution in [1.82, 2.24) is 14.6 Å². The van der Waals surface area contributed by atoms with Crippen molar-refractivity contribution in [2.45, 2.75) is 31.7 Å². The summed E-state index contributed by atoms with van der Waals surface area (Å²) in [5, 5.41) is 7.71. The van der Waals surface area contributed by atoms with Crippen LogP contribution in [0.15, 0.2) is 34.5 Å². The molecule has 2 amide bonds. The Kier molecular flexibility index (Phi) is 7.42. The van der Waals surface area contributed by atoms with E-state index >= 15 is 0 Å². The second kappa shape index (κ2) is 9.86. The Hall–Kier alpha value is -2.34. The number of carbonyl (C=O) groups is 2. The number of anilines is 1. The molecule has 1 saturated heterocycles. The molecule has 1 aliphatic rings. The van der Waals surface area contributed by atoms with E-state index < -0.39 is 22.0 Å². The smallest absolute Gasteiger partial charge is 0.251 e. The summed E-state index contributed by atoms with van der Waals surface area (Å²) in [6.45, 7) is 6.67. The van der Waals surface area contributed by atoms with Crippen LogP contribution in [0.3, 0.4) is 0 Å². The van der Waals surface area contributed by atoms with Crippen molar-refractivity contribution in [1.29, 1.82) is 0 Å². The summed E-state index contributed by atoms with van der Waals surface area (Å²) in [6, 6.07) is 5.02. The average molecular weight is 467 g/mol. The van der Waals surface area contributed by atoms with Gasteiger partial charge in [0.1, 0.15) is 6.04 Å². The van der Waals surface area contributed by atoms with Crippen molar-refractivity contribution in [3.63, 3.8) is 0 Å². The molecule has 11 heteroatoms. The number of nitrogens with zero attached hydrogens (tertiary/aromatic N) is 2. The molecule has 0 spiro atoms. The molecule has 9 nitrogen and oxygen atoms in total. The van der Waals surface area contributed by atoms with Crippen LogP contribution >= 0.6 is 11.3 Å². The highest BCUT2D eigenvalue weighted by Gasteiger charge is 2.28. The number of aryl methyl sites for hydroxylation is 1. The lowest BCUT2D eigenvalue weighted by atomic mass is 10.0. The third-order valence-corrected chi connectivity index (χ3v) is 7.56. The quantitative estimate of drug-likeness (QED) is 0.643. The average Bonchev–Trinajstić information content (AvgIpc) is 3.16. The van der Waals surface area contributed by atoms with Crippen LogP contribution in [0.2, 0.25) is 0 Å². The minimum atomic E-state index is -3.73. The Morgan fingerprint density at radius 1 is 1.23 bits per heavy atom. The van der Waals surface area contributed by atoms with E-state index in [9.17, 15) is 18.0 Å². The van der Waals surface area contributed by atoms with Crippen molar-refractivity contribution >= 4 is 38.3 Å². The van der Waals surface area contributed by atoms with Gasteiger partial charge in [-0.2, -0.15) is 4.31 Å². The second-order valence-electron chi connectivity index (χ2n) is 7.52. The van der Waals surface area contributed by atoms with Crippen LogP contribution in [-0.2, 0) is 19.6 Å². The number of thiazole rings is 1. The standard InChI is InChI=1S/C20H26N4O5S2/c1-13(2)17(19(26)23-20-21-14(3)12-30-20)22-18(25)15-5-4-6-16(11-15)31(27,28)24-7-9-29-10-8-24/h4-6,11-13,17H,7-10H2,1-3H3,(H,22,25)(H,21,23,26)/t17-/m0/s1. The molecule has 1 fully saturated rings. The number of benzene rings is 1. The molecule has 31 heavy (non-hydrogen) atoms. The molecule has 0 bridgehead atoms. The Morgan fingerprint density at radius 3 is 2.55 bits per heavy atom. The van der Waals surface area contributed by atoms with Crippen LogP contribution in [0.5, 0.6) is 0 Å². The van der Waals surface area contributed by atoms with Crippen LogP contribution in [0, 0.1) is 12.8 Å². The van der Waals surface area contributed by atoms with E-state index in [4.69, 9.17) is 4.74 Å². The number of rotatable bonds is 7. The van der Waals surface area contributed by atoms with E-state index in [0.29, 0.717) is 18.3 Å². The molecule has 2 aromatic rings. The number of ether oxygens (including phenoxy) is 1. The van der Waals surface area contributed by atoms with Gasteiger partial charge in [-0.25, -0.2) is 13.4 Å². The van der Waals surface area contributed by atoms with Crippen molar-refractivity contribution in [2.24, 2.45) is 5.92 Å². The second-order valence-corrected chi connectivity index (χ2v) is 10.3. The van der Waals surface area contributed by atoms with Crippen LogP contribution in [0.25, 0.3) is 0 Å². The highest BCUT2D eigenvalue weighted by Crippen LogP contribution is 2.19. The van der Waals surface area contributed by atoms with Crippen LogP contribution < -0.4 is 10.6 Å². The monoisotopic (exact) mass is 466 g/mol. The maximum absolute atomic E-state index is 12.9. The summed E-state index contributed by atoms with van der Waals surface area (Å²) < 4.78 is 32.3. The summed E-state index contributed by atoms with van der Waals surface area (Å²) in [4.78, 5) is 29.8. The van der Waals surface area contributed by atoms with E-state index in [1.54, 1.807) is 0 Å². The zero-order valence-electron chi connectivity index (χ0n) is 17.6. The highest BCUT2D eigenvalue weighted by atomic mass is 32.2. The van der Waals surface area contributed by atoms with Crippen molar-refractivity contribution in [2.75, 3.05) is 31.6 Å². The van der Waals surface area contributed by atoms with Gasteiger partial charge in [-0.3, -0.25) is 9.59 Å². The van der Waals surface area contributed by atoms with Gasteiger partial charge in [0.25, 0.3) is 5.91 Å². The molecule has 168 valence electrons. The summed E-state index contributed by atoms with van der Waals surface area (Å²) in [6.07, 6.45) is 0. The van der Waals surface area contributed by atoms with E-state index in [2.05, 4.69) is 15.6 Å². The minimum Gasteiger partial charge on any atom is -0.379 e. The zero-order chi connectivity index (χ0) is 22.6. The first-order valence-corrected chi connectivity index (χ1v) is 12.2. The van der Waals surface area contributed by atoms with Crippen LogP contribution in [0.1, 0.15) is 29.9 Å². The van der Waals surface area contributed by atoms with Gasteiger partial charge in [-0.1, -0.05) is 19.9 Å². The molecule has 0 saturated carbocycles. The Balaban J connectivity index is 1.75. The molecule has 1 atom stereocenters. The fourth-order valence-electron chi connectivity index (χ4n) is 3.09.